The molecule has 34 heavy (non-hydrogen) atoms. The van der Waals surface area contributed by atoms with Crippen LogP contribution in [0.3, 0.4) is 0 Å². The molecule has 0 aliphatic rings. The predicted octanol–water partition coefficient (Wildman–Crippen LogP) is 5.48. The Hall–Kier alpha value is -4.37. The first-order valence-electron chi connectivity index (χ1n) is 10.9. The van der Waals surface area contributed by atoms with Gasteiger partial charge in [0.25, 0.3) is 11.8 Å². The van der Waals surface area contributed by atoms with Crippen molar-refractivity contribution in [3.63, 3.8) is 0 Å². The number of aryl methyl sites for hydroxylation is 2. The van der Waals surface area contributed by atoms with E-state index in [4.69, 9.17) is 4.74 Å². The lowest BCUT2D eigenvalue weighted by Crippen LogP contribution is -2.20. The van der Waals surface area contributed by atoms with Crippen LogP contribution in [-0.2, 0) is 9.59 Å². The Bertz CT molecular complexity index is 1300. The van der Waals surface area contributed by atoms with Crippen molar-refractivity contribution in [2.75, 3.05) is 17.2 Å². The highest BCUT2D eigenvalue weighted by Gasteiger charge is 2.12. The van der Waals surface area contributed by atoms with Crippen LogP contribution in [0.15, 0.2) is 66.2 Å². The van der Waals surface area contributed by atoms with Gasteiger partial charge in [0.1, 0.15) is 17.4 Å². The van der Waals surface area contributed by atoms with Crippen LogP contribution in [0.5, 0.6) is 5.75 Å². The van der Waals surface area contributed by atoms with Crippen molar-refractivity contribution >= 4 is 29.3 Å². The number of carbonyl (C=O) groups excluding carboxylic acids is 2. The van der Waals surface area contributed by atoms with Gasteiger partial charge in [-0.3, -0.25) is 9.59 Å². The smallest absolute Gasteiger partial charge is 0.266 e. The fourth-order valence-corrected chi connectivity index (χ4v) is 3.31. The molecule has 0 unspecified atom stereocenters. The van der Waals surface area contributed by atoms with Gasteiger partial charge in [-0.1, -0.05) is 36.4 Å². The molecule has 0 heterocycles. The van der Waals surface area contributed by atoms with Gasteiger partial charge in [-0.2, -0.15) is 5.26 Å². The average molecular weight is 454 g/mol. The molecule has 0 radical (unpaired) electrons. The first-order valence-corrected chi connectivity index (χ1v) is 10.9. The van der Waals surface area contributed by atoms with Crippen LogP contribution >= 0.6 is 0 Å². The second-order valence-electron chi connectivity index (χ2n) is 8.03. The van der Waals surface area contributed by atoms with E-state index in [0.717, 1.165) is 27.9 Å². The SMILES string of the molecule is Cc1cccc(NC(=O)COc2cccc(/C=C(/C#N)C(=O)Nc3cccc(C)c3C)c2)c1C. The fourth-order valence-electron chi connectivity index (χ4n) is 3.31. The highest BCUT2D eigenvalue weighted by Crippen LogP contribution is 2.21. The quantitative estimate of drug-likeness (QED) is 0.366. The summed E-state index contributed by atoms with van der Waals surface area (Å²) in [5, 5.41) is 15.2. The molecule has 3 aromatic rings. The zero-order valence-corrected chi connectivity index (χ0v) is 19.7. The van der Waals surface area contributed by atoms with E-state index in [9.17, 15) is 14.9 Å². The van der Waals surface area contributed by atoms with Crippen LogP contribution in [0.4, 0.5) is 11.4 Å². The second-order valence-corrected chi connectivity index (χ2v) is 8.03. The lowest BCUT2D eigenvalue weighted by Gasteiger charge is -2.11. The standard InChI is InChI=1S/C28H27N3O3/c1-18-8-5-12-25(20(18)3)30-27(32)17-34-24-11-7-10-22(15-24)14-23(16-29)28(33)31-26-13-6-9-19(2)21(26)4/h5-15H,17H2,1-4H3,(H,30,32)(H,31,33)/b23-14-. The zero-order chi connectivity index (χ0) is 24.7. The van der Waals surface area contributed by atoms with E-state index in [-0.39, 0.29) is 18.1 Å². The lowest BCUT2D eigenvalue weighted by molar-refractivity contribution is -0.118. The number of nitriles is 1. The molecule has 0 saturated heterocycles. The van der Waals surface area contributed by atoms with Gasteiger partial charge in [0.15, 0.2) is 6.61 Å². The van der Waals surface area contributed by atoms with Gasteiger partial charge in [-0.15, -0.1) is 0 Å². The largest absolute Gasteiger partial charge is 0.484 e. The Morgan fingerprint density at radius 1 is 0.882 bits per heavy atom. The maximum absolute atomic E-state index is 12.7. The van der Waals surface area contributed by atoms with E-state index in [0.29, 0.717) is 17.0 Å². The van der Waals surface area contributed by atoms with Gasteiger partial charge < -0.3 is 15.4 Å². The molecular weight excluding hydrogens is 426 g/mol. The molecule has 172 valence electrons. The van der Waals surface area contributed by atoms with E-state index in [2.05, 4.69) is 10.6 Å². The molecule has 0 fully saturated rings. The van der Waals surface area contributed by atoms with E-state index >= 15 is 0 Å². The van der Waals surface area contributed by atoms with Crippen molar-refractivity contribution in [1.29, 1.82) is 5.26 Å². The molecule has 0 saturated carbocycles. The Morgan fingerprint density at radius 3 is 2.09 bits per heavy atom. The van der Waals surface area contributed by atoms with Crippen LogP contribution in [-0.4, -0.2) is 18.4 Å². The molecule has 0 aromatic heterocycles. The molecule has 0 aliphatic heterocycles. The lowest BCUT2D eigenvalue weighted by atomic mass is 10.1. The molecule has 0 atom stereocenters. The summed E-state index contributed by atoms with van der Waals surface area (Å²) < 4.78 is 5.63. The summed E-state index contributed by atoms with van der Waals surface area (Å²) in [7, 11) is 0. The van der Waals surface area contributed by atoms with Gasteiger partial charge >= 0.3 is 0 Å². The van der Waals surface area contributed by atoms with Crippen LogP contribution in [0, 0.1) is 39.0 Å². The Morgan fingerprint density at radius 2 is 1.47 bits per heavy atom. The number of benzene rings is 3. The Balaban J connectivity index is 1.67. The van der Waals surface area contributed by atoms with Crippen molar-refractivity contribution in [2.24, 2.45) is 0 Å². The third-order valence-electron chi connectivity index (χ3n) is 5.64. The van der Waals surface area contributed by atoms with E-state index in [1.807, 2.05) is 64.1 Å². The highest BCUT2D eigenvalue weighted by molar-refractivity contribution is 6.10. The van der Waals surface area contributed by atoms with E-state index in [1.54, 1.807) is 30.3 Å². The molecule has 2 N–H and O–H groups in total. The summed E-state index contributed by atoms with van der Waals surface area (Å²) in [5.41, 5.74) is 6.08. The first-order chi connectivity index (χ1) is 16.3. The molecular formula is C28H27N3O3. The van der Waals surface area contributed by atoms with Crippen molar-refractivity contribution < 1.29 is 14.3 Å². The van der Waals surface area contributed by atoms with Gasteiger partial charge in [0.05, 0.1) is 0 Å². The second kappa shape index (κ2) is 11.0. The number of carbonyl (C=O) groups is 2. The average Bonchev–Trinajstić information content (AvgIpc) is 2.82. The van der Waals surface area contributed by atoms with E-state index < -0.39 is 5.91 Å². The van der Waals surface area contributed by atoms with Gasteiger partial charge in [-0.05, 0) is 85.9 Å². The summed E-state index contributed by atoms with van der Waals surface area (Å²) in [6.45, 7) is 7.64. The first kappa shape index (κ1) is 24.3. The van der Waals surface area contributed by atoms with Crippen molar-refractivity contribution in [3.05, 3.63) is 94.1 Å². The number of nitrogens with zero attached hydrogens (tertiary/aromatic N) is 1. The number of amides is 2. The van der Waals surface area contributed by atoms with Crippen molar-refractivity contribution in [2.45, 2.75) is 27.7 Å². The maximum atomic E-state index is 12.7. The topological polar surface area (TPSA) is 91.2 Å². The fraction of sp³-hybridized carbons (Fsp3) is 0.179. The highest BCUT2D eigenvalue weighted by atomic mass is 16.5. The number of rotatable bonds is 7. The molecule has 6 nitrogen and oxygen atoms in total. The minimum atomic E-state index is -0.490. The Labute approximate surface area is 199 Å². The van der Waals surface area contributed by atoms with Crippen LogP contribution < -0.4 is 15.4 Å². The molecule has 0 bridgehead atoms. The van der Waals surface area contributed by atoms with Gasteiger partial charge in [0, 0.05) is 11.4 Å². The molecule has 2 amide bonds. The normalized spacial score (nSPS) is 10.9. The number of hydrogen-bond donors (Lipinski definition) is 2. The summed E-state index contributed by atoms with van der Waals surface area (Å²) in [6.07, 6.45) is 1.49. The zero-order valence-electron chi connectivity index (χ0n) is 19.7. The van der Waals surface area contributed by atoms with Gasteiger partial charge in [0.2, 0.25) is 0 Å². The van der Waals surface area contributed by atoms with Gasteiger partial charge in [-0.25, -0.2) is 0 Å². The van der Waals surface area contributed by atoms with Crippen molar-refractivity contribution in [1.82, 2.24) is 0 Å². The molecule has 3 aromatic carbocycles. The molecule has 6 heteroatoms. The summed E-state index contributed by atoms with van der Waals surface area (Å²) in [5.74, 6) is -0.312. The number of ether oxygens (including phenoxy) is 1. The molecule has 0 aliphatic carbocycles. The van der Waals surface area contributed by atoms with Crippen LogP contribution in [0.1, 0.15) is 27.8 Å². The minimum Gasteiger partial charge on any atom is -0.484 e. The number of hydrogen-bond acceptors (Lipinski definition) is 4. The molecule has 0 spiro atoms. The third kappa shape index (κ3) is 6.11. The Kier molecular flexibility index (Phi) is 7.83. The predicted molar refractivity (Wildman–Crippen MR) is 135 cm³/mol. The summed E-state index contributed by atoms with van der Waals surface area (Å²) in [6, 6.07) is 20.2. The summed E-state index contributed by atoms with van der Waals surface area (Å²) >= 11 is 0. The van der Waals surface area contributed by atoms with Crippen LogP contribution in [0.2, 0.25) is 0 Å². The number of nitrogens with one attached hydrogen (secondary N) is 2. The molecule has 3 rings (SSSR count). The van der Waals surface area contributed by atoms with Crippen LogP contribution in [0.25, 0.3) is 6.08 Å². The third-order valence-corrected chi connectivity index (χ3v) is 5.64. The van der Waals surface area contributed by atoms with Crippen molar-refractivity contribution in [3.8, 4) is 11.8 Å². The maximum Gasteiger partial charge on any atom is 0.266 e. The minimum absolute atomic E-state index is 0.0364. The number of anilines is 2. The monoisotopic (exact) mass is 453 g/mol. The van der Waals surface area contributed by atoms with E-state index in [1.165, 1.54) is 6.08 Å². The summed E-state index contributed by atoms with van der Waals surface area (Å²) in [4.78, 5) is 25.0.